The van der Waals surface area contributed by atoms with Gasteiger partial charge in [0.25, 0.3) is 5.91 Å². The average Bonchev–Trinajstić information content (AvgIpc) is 3.57. The van der Waals surface area contributed by atoms with Gasteiger partial charge in [0.2, 0.25) is 0 Å². The second-order valence-electron chi connectivity index (χ2n) is 10.5. The summed E-state index contributed by atoms with van der Waals surface area (Å²) in [6, 6.07) is 3.00. The van der Waals surface area contributed by atoms with Crippen LogP contribution >= 0.6 is 0 Å². The van der Waals surface area contributed by atoms with Crippen molar-refractivity contribution in [1.29, 1.82) is 0 Å². The number of amides is 1. The number of carbonyl (C=O) groups is 1. The topological polar surface area (TPSA) is 84.7 Å². The maximum absolute atomic E-state index is 13.3. The summed E-state index contributed by atoms with van der Waals surface area (Å²) < 4.78 is 0. The van der Waals surface area contributed by atoms with Gasteiger partial charge in [-0.25, -0.2) is 4.98 Å². The second-order valence-corrected chi connectivity index (χ2v) is 10.5. The van der Waals surface area contributed by atoms with E-state index in [1.165, 1.54) is 45.3 Å². The summed E-state index contributed by atoms with van der Waals surface area (Å²) >= 11 is 0. The molecule has 0 spiro atoms. The minimum Gasteiger partial charge on any atom is -0.349 e. The fourth-order valence-corrected chi connectivity index (χ4v) is 6.26. The molecule has 2 aromatic heterocycles. The van der Waals surface area contributed by atoms with E-state index in [0.717, 1.165) is 73.9 Å². The van der Waals surface area contributed by atoms with Crippen LogP contribution in [0.25, 0.3) is 11.0 Å². The fraction of sp³-hybridized carbons (Fsp3) is 0.680. The maximum Gasteiger partial charge on any atom is 0.259 e. The molecule has 2 aromatic rings. The van der Waals surface area contributed by atoms with Crippen molar-refractivity contribution in [1.82, 2.24) is 24.7 Å². The van der Waals surface area contributed by atoms with Gasteiger partial charge in [-0.05, 0) is 50.5 Å². The van der Waals surface area contributed by atoms with Crippen LogP contribution in [0.2, 0.25) is 0 Å². The summed E-state index contributed by atoms with van der Waals surface area (Å²) in [4.78, 5) is 30.9. The van der Waals surface area contributed by atoms with Gasteiger partial charge in [-0.1, -0.05) is 0 Å². The van der Waals surface area contributed by atoms with Crippen molar-refractivity contribution < 1.29 is 4.79 Å². The summed E-state index contributed by atoms with van der Waals surface area (Å²) in [5, 5.41) is 1.09. The van der Waals surface area contributed by atoms with E-state index in [9.17, 15) is 4.79 Å². The minimum atomic E-state index is 0.168. The van der Waals surface area contributed by atoms with Crippen molar-refractivity contribution in [3.63, 3.8) is 0 Å². The lowest BCUT2D eigenvalue weighted by Gasteiger charge is -2.45. The zero-order chi connectivity index (χ0) is 22.4. The predicted octanol–water partition coefficient (Wildman–Crippen LogP) is 2.08. The van der Waals surface area contributed by atoms with Crippen molar-refractivity contribution in [3.05, 3.63) is 24.0 Å². The Hall–Kier alpha value is -2.16. The minimum absolute atomic E-state index is 0.168. The average molecular weight is 452 g/mol. The third kappa shape index (κ3) is 4.13. The van der Waals surface area contributed by atoms with Gasteiger partial charge in [-0.3, -0.25) is 9.69 Å². The van der Waals surface area contributed by atoms with Gasteiger partial charge in [0, 0.05) is 75.7 Å². The maximum atomic E-state index is 13.3. The van der Waals surface area contributed by atoms with Gasteiger partial charge >= 0.3 is 0 Å². The van der Waals surface area contributed by atoms with Crippen molar-refractivity contribution in [3.8, 4) is 0 Å². The summed E-state index contributed by atoms with van der Waals surface area (Å²) in [6.45, 7) is 8.43. The van der Waals surface area contributed by atoms with Crippen molar-refractivity contribution in [2.75, 3.05) is 57.4 Å². The van der Waals surface area contributed by atoms with Crippen LogP contribution in [0.3, 0.4) is 0 Å². The van der Waals surface area contributed by atoms with Crippen molar-refractivity contribution in [2.24, 2.45) is 11.7 Å². The number of aromatic nitrogens is 2. The summed E-state index contributed by atoms with van der Waals surface area (Å²) in [5.74, 6) is 0.958. The van der Waals surface area contributed by atoms with Gasteiger partial charge in [-0.2, -0.15) is 0 Å². The van der Waals surface area contributed by atoms with E-state index in [1.54, 1.807) is 6.20 Å². The molecule has 8 nitrogen and oxygen atoms in total. The van der Waals surface area contributed by atoms with Crippen molar-refractivity contribution >= 4 is 22.6 Å². The third-order valence-electron chi connectivity index (χ3n) is 8.31. The molecule has 2 saturated carbocycles. The standard InChI is InChI=1S/C25H37N7O/c26-8-10-29-11-13-30(14-12-29)16-18-1-3-19(4-2-18)31-17-32(20-5-6-20)25(33)22-15-28-24-21(23(22)31)7-9-27-24/h7,9,15,18-20H,1-6,8,10-14,16-17,26H2,(H,27,28)/t18-,19-. The van der Waals surface area contributed by atoms with E-state index < -0.39 is 0 Å². The molecule has 4 aliphatic rings. The molecule has 178 valence electrons. The molecule has 0 radical (unpaired) electrons. The Morgan fingerprint density at radius 2 is 1.67 bits per heavy atom. The number of hydrogen-bond acceptors (Lipinski definition) is 6. The van der Waals surface area contributed by atoms with Crippen LogP contribution in [-0.4, -0.2) is 95.1 Å². The molecule has 0 atom stereocenters. The lowest BCUT2D eigenvalue weighted by Crippen LogP contribution is -2.53. The molecule has 4 heterocycles. The van der Waals surface area contributed by atoms with E-state index in [4.69, 9.17) is 5.73 Å². The number of nitrogens with one attached hydrogen (secondary N) is 1. The number of aromatic amines is 1. The Morgan fingerprint density at radius 1 is 0.970 bits per heavy atom. The van der Waals surface area contributed by atoms with Crippen LogP contribution in [0.4, 0.5) is 5.69 Å². The Morgan fingerprint density at radius 3 is 2.39 bits per heavy atom. The molecule has 8 heteroatoms. The first kappa shape index (κ1) is 21.4. The van der Waals surface area contributed by atoms with Gasteiger partial charge < -0.3 is 25.4 Å². The Bertz CT molecular complexity index is 986. The van der Waals surface area contributed by atoms with Gasteiger partial charge in [0.15, 0.2) is 0 Å². The molecule has 3 N–H and O–H groups in total. The van der Waals surface area contributed by atoms with Crippen LogP contribution in [0.5, 0.6) is 0 Å². The van der Waals surface area contributed by atoms with Crippen LogP contribution in [-0.2, 0) is 0 Å². The summed E-state index contributed by atoms with van der Waals surface area (Å²) in [6.07, 6.45) is 11.0. The monoisotopic (exact) mass is 451 g/mol. The fourth-order valence-electron chi connectivity index (χ4n) is 6.26. The van der Waals surface area contributed by atoms with Gasteiger partial charge in [0.05, 0.1) is 17.9 Å². The highest BCUT2D eigenvalue weighted by Crippen LogP contribution is 2.41. The highest BCUT2D eigenvalue weighted by molar-refractivity contribution is 6.08. The molecule has 2 aliphatic carbocycles. The molecule has 1 saturated heterocycles. The summed E-state index contributed by atoms with van der Waals surface area (Å²) in [5.41, 5.74) is 8.51. The zero-order valence-electron chi connectivity index (χ0n) is 19.6. The van der Waals surface area contributed by atoms with Crippen molar-refractivity contribution in [2.45, 2.75) is 50.6 Å². The first-order chi connectivity index (χ1) is 16.2. The highest BCUT2D eigenvalue weighted by Gasteiger charge is 2.42. The SMILES string of the molecule is NCCN1CCN(C[C@H]2CC[C@H](N3CN(C4CC4)C(=O)c4cnc5[nH]ccc5c43)CC2)CC1. The largest absolute Gasteiger partial charge is 0.349 e. The quantitative estimate of drug-likeness (QED) is 0.700. The molecule has 1 amide bonds. The Kier molecular flexibility index (Phi) is 5.76. The number of carbonyl (C=O) groups excluding carboxylic acids is 1. The number of piperazine rings is 1. The normalized spacial score (nSPS) is 27.4. The molecule has 33 heavy (non-hydrogen) atoms. The number of hydrogen-bond donors (Lipinski definition) is 2. The molecule has 6 rings (SSSR count). The Labute approximate surface area is 196 Å². The predicted molar refractivity (Wildman–Crippen MR) is 130 cm³/mol. The van der Waals surface area contributed by atoms with E-state index in [1.807, 2.05) is 6.20 Å². The smallest absolute Gasteiger partial charge is 0.259 e. The van der Waals surface area contributed by atoms with E-state index >= 15 is 0 Å². The van der Waals surface area contributed by atoms with Crippen LogP contribution in [0, 0.1) is 5.92 Å². The van der Waals surface area contributed by atoms with E-state index in [2.05, 4.69) is 35.6 Å². The second kappa shape index (κ2) is 8.89. The molecular formula is C25H37N7O. The first-order valence-electron chi connectivity index (χ1n) is 12.9. The lowest BCUT2D eigenvalue weighted by molar-refractivity contribution is 0.0715. The number of pyridine rings is 1. The Balaban J connectivity index is 1.14. The van der Waals surface area contributed by atoms with Gasteiger partial charge in [0.1, 0.15) is 5.65 Å². The number of nitrogens with two attached hydrogens (primary N) is 1. The summed E-state index contributed by atoms with van der Waals surface area (Å²) in [7, 11) is 0. The number of nitrogens with zero attached hydrogens (tertiary/aromatic N) is 5. The van der Waals surface area contributed by atoms with E-state index in [-0.39, 0.29) is 5.91 Å². The number of H-pyrrole nitrogens is 1. The molecular weight excluding hydrogens is 414 g/mol. The number of rotatable bonds is 6. The molecule has 2 aliphatic heterocycles. The van der Waals surface area contributed by atoms with E-state index in [0.29, 0.717) is 12.1 Å². The zero-order valence-corrected chi connectivity index (χ0v) is 19.6. The lowest BCUT2D eigenvalue weighted by atomic mass is 9.84. The van der Waals surface area contributed by atoms with Crippen LogP contribution in [0.15, 0.2) is 18.5 Å². The third-order valence-corrected chi connectivity index (χ3v) is 8.31. The molecule has 0 unspecified atom stereocenters. The first-order valence-corrected chi connectivity index (χ1v) is 12.9. The number of anilines is 1. The van der Waals surface area contributed by atoms with Crippen LogP contribution in [0.1, 0.15) is 48.9 Å². The van der Waals surface area contributed by atoms with Gasteiger partial charge in [-0.15, -0.1) is 0 Å². The van der Waals surface area contributed by atoms with Crippen LogP contribution < -0.4 is 10.6 Å². The highest BCUT2D eigenvalue weighted by atomic mass is 16.2. The number of fused-ring (bicyclic) bond motifs is 3. The molecule has 0 bridgehead atoms. The molecule has 0 aromatic carbocycles. The molecule has 3 fully saturated rings.